The van der Waals surface area contributed by atoms with Crippen LogP contribution in [-0.2, 0) is 19.5 Å². The van der Waals surface area contributed by atoms with Crippen molar-refractivity contribution in [1.29, 1.82) is 0 Å². The predicted molar refractivity (Wildman–Crippen MR) is 104 cm³/mol. The van der Waals surface area contributed by atoms with Crippen molar-refractivity contribution in [3.8, 4) is 11.4 Å². The Morgan fingerprint density at radius 3 is 2.88 bits per heavy atom. The monoisotopic (exact) mass is 340 g/mol. The Balaban J connectivity index is 1.38. The van der Waals surface area contributed by atoms with Gasteiger partial charge < -0.3 is 4.98 Å². The molecule has 4 heteroatoms. The van der Waals surface area contributed by atoms with Crippen molar-refractivity contribution in [2.75, 3.05) is 6.54 Å². The second-order valence-electron chi connectivity index (χ2n) is 6.89. The van der Waals surface area contributed by atoms with Gasteiger partial charge in [-0.1, -0.05) is 42.5 Å². The van der Waals surface area contributed by atoms with E-state index in [4.69, 9.17) is 4.98 Å². The van der Waals surface area contributed by atoms with Crippen LogP contribution in [-0.4, -0.2) is 26.4 Å². The maximum absolute atomic E-state index is 4.86. The summed E-state index contributed by atoms with van der Waals surface area (Å²) in [4.78, 5) is 15.2. The van der Waals surface area contributed by atoms with Gasteiger partial charge in [-0.25, -0.2) is 9.97 Å². The summed E-state index contributed by atoms with van der Waals surface area (Å²) in [5, 5.41) is 1.26. The van der Waals surface area contributed by atoms with Gasteiger partial charge in [0.1, 0.15) is 0 Å². The van der Waals surface area contributed by atoms with Gasteiger partial charge in [0, 0.05) is 43.1 Å². The van der Waals surface area contributed by atoms with Gasteiger partial charge in [-0.2, -0.15) is 0 Å². The maximum atomic E-state index is 4.86. The summed E-state index contributed by atoms with van der Waals surface area (Å²) in [6.45, 7) is 2.86. The van der Waals surface area contributed by atoms with Gasteiger partial charge >= 0.3 is 0 Å². The number of fused-ring (bicyclic) bond motifs is 2. The van der Waals surface area contributed by atoms with E-state index in [1.54, 1.807) is 0 Å². The Bertz CT molecular complexity index is 1050. The first-order chi connectivity index (χ1) is 12.8. The summed E-state index contributed by atoms with van der Waals surface area (Å²) < 4.78 is 0. The molecule has 0 atom stereocenters. The van der Waals surface area contributed by atoms with Gasteiger partial charge in [0.2, 0.25) is 0 Å². The van der Waals surface area contributed by atoms with Crippen LogP contribution in [0.4, 0.5) is 0 Å². The molecule has 1 aliphatic rings. The molecule has 0 aliphatic carbocycles. The number of rotatable bonds is 3. The number of nitrogens with one attached hydrogen (secondary N) is 1. The minimum atomic E-state index is 0.819. The molecule has 26 heavy (non-hydrogen) atoms. The van der Waals surface area contributed by atoms with Crippen molar-refractivity contribution in [1.82, 2.24) is 19.9 Å². The molecule has 1 aliphatic heterocycles. The largest absolute Gasteiger partial charge is 0.361 e. The second-order valence-corrected chi connectivity index (χ2v) is 6.89. The van der Waals surface area contributed by atoms with E-state index in [-0.39, 0.29) is 0 Å². The number of nitrogens with zero attached hydrogens (tertiary/aromatic N) is 3. The number of aromatic amines is 1. The molecule has 128 valence electrons. The molecule has 2 aromatic heterocycles. The molecule has 1 N–H and O–H groups in total. The van der Waals surface area contributed by atoms with Crippen molar-refractivity contribution >= 4 is 10.9 Å². The van der Waals surface area contributed by atoms with E-state index in [1.165, 1.54) is 22.0 Å². The third kappa shape index (κ3) is 2.89. The highest BCUT2D eigenvalue weighted by Crippen LogP contribution is 2.23. The SMILES string of the molecule is c1ccc(-c2ncc3c(n2)CN(Cc2ccc4cc[nH]c4c2)CC3)cc1. The molecule has 0 saturated heterocycles. The highest BCUT2D eigenvalue weighted by atomic mass is 15.1. The first kappa shape index (κ1) is 15.3. The average Bonchev–Trinajstić information content (AvgIpc) is 3.16. The zero-order valence-corrected chi connectivity index (χ0v) is 14.5. The maximum Gasteiger partial charge on any atom is 0.159 e. The highest BCUT2D eigenvalue weighted by Gasteiger charge is 2.19. The lowest BCUT2D eigenvalue weighted by atomic mass is 10.0. The van der Waals surface area contributed by atoms with Gasteiger partial charge in [0.05, 0.1) is 5.69 Å². The number of benzene rings is 2. The van der Waals surface area contributed by atoms with E-state index in [1.807, 2.05) is 30.6 Å². The lowest BCUT2D eigenvalue weighted by molar-refractivity contribution is 0.241. The molecule has 0 amide bonds. The quantitative estimate of drug-likeness (QED) is 0.608. The van der Waals surface area contributed by atoms with E-state index < -0.39 is 0 Å². The highest BCUT2D eigenvalue weighted by molar-refractivity contribution is 5.79. The average molecular weight is 340 g/mol. The van der Waals surface area contributed by atoms with Crippen LogP contribution in [0.25, 0.3) is 22.3 Å². The van der Waals surface area contributed by atoms with E-state index >= 15 is 0 Å². The first-order valence-electron chi connectivity index (χ1n) is 9.04. The summed E-state index contributed by atoms with van der Waals surface area (Å²) >= 11 is 0. The van der Waals surface area contributed by atoms with Crippen molar-refractivity contribution in [2.45, 2.75) is 19.5 Å². The fourth-order valence-electron chi connectivity index (χ4n) is 3.67. The third-order valence-corrected chi connectivity index (χ3v) is 5.08. The minimum absolute atomic E-state index is 0.819. The molecule has 0 bridgehead atoms. The zero-order chi connectivity index (χ0) is 17.3. The summed E-state index contributed by atoms with van der Waals surface area (Å²) in [5.41, 5.74) is 6.05. The lowest BCUT2D eigenvalue weighted by Gasteiger charge is -2.28. The number of hydrogen-bond donors (Lipinski definition) is 1. The van der Waals surface area contributed by atoms with Crippen LogP contribution in [0.2, 0.25) is 0 Å². The topological polar surface area (TPSA) is 44.8 Å². The Kier molecular flexibility index (Phi) is 3.76. The van der Waals surface area contributed by atoms with Gasteiger partial charge in [0.25, 0.3) is 0 Å². The molecule has 4 aromatic rings. The molecule has 4 nitrogen and oxygen atoms in total. The Morgan fingerprint density at radius 1 is 1.04 bits per heavy atom. The minimum Gasteiger partial charge on any atom is -0.361 e. The lowest BCUT2D eigenvalue weighted by Crippen LogP contribution is -2.31. The summed E-state index contributed by atoms with van der Waals surface area (Å²) in [6, 6.07) is 19.0. The van der Waals surface area contributed by atoms with Gasteiger partial charge in [0.15, 0.2) is 5.82 Å². The molecule has 0 radical (unpaired) electrons. The molecule has 3 heterocycles. The molecule has 0 unspecified atom stereocenters. The zero-order valence-electron chi connectivity index (χ0n) is 14.5. The fourth-order valence-corrected chi connectivity index (χ4v) is 3.67. The fraction of sp³-hybridized carbons (Fsp3) is 0.182. The Morgan fingerprint density at radius 2 is 1.96 bits per heavy atom. The van der Waals surface area contributed by atoms with Crippen LogP contribution >= 0.6 is 0 Å². The van der Waals surface area contributed by atoms with Gasteiger partial charge in [-0.15, -0.1) is 0 Å². The Labute approximate surface area is 152 Å². The number of aromatic nitrogens is 3. The van der Waals surface area contributed by atoms with Crippen LogP contribution < -0.4 is 0 Å². The van der Waals surface area contributed by atoms with E-state index in [0.717, 1.165) is 43.1 Å². The van der Waals surface area contributed by atoms with Gasteiger partial charge in [-0.3, -0.25) is 4.90 Å². The van der Waals surface area contributed by atoms with Crippen molar-refractivity contribution in [2.24, 2.45) is 0 Å². The van der Waals surface area contributed by atoms with Crippen molar-refractivity contribution < 1.29 is 0 Å². The van der Waals surface area contributed by atoms with E-state index in [9.17, 15) is 0 Å². The van der Waals surface area contributed by atoms with Gasteiger partial charge in [-0.05, 0) is 35.1 Å². The Hall–Kier alpha value is -2.98. The normalized spacial score (nSPS) is 14.5. The molecule has 0 spiro atoms. The molecule has 5 rings (SSSR count). The molecular weight excluding hydrogens is 320 g/mol. The molecule has 2 aromatic carbocycles. The summed E-state index contributed by atoms with van der Waals surface area (Å²) in [6.07, 6.45) is 5.01. The standard InChI is InChI=1S/C22H20N4/c1-2-4-18(5-3-1)22-24-13-19-9-11-26(15-21(19)25-22)14-16-6-7-17-8-10-23-20(17)12-16/h1-8,10,12-13,23H,9,11,14-15H2. The molecule has 0 fully saturated rings. The molecular formula is C22H20N4. The molecule has 0 saturated carbocycles. The van der Waals surface area contributed by atoms with Crippen molar-refractivity contribution in [3.63, 3.8) is 0 Å². The number of hydrogen-bond acceptors (Lipinski definition) is 3. The predicted octanol–water partition coefficient (Wildman–Crippen LogP) is 4.18. The van der Waals surface area contributed by atoms with Crippen LogP contribution in [0, 0.1) is 0 Å². The third-order valence-electron chi connectivity index (χ3n) is 5.08. The summed E-state index contributed by atoms with van der Waals surface area (Å²) in [7, 11) is 0. The van der Waals surface area contributed by atoms with Crippen LogP contribution in [0.1, 0.15) is 16.8 Å². The van der Waals surface area contributed by atoms with Crippen molar-refractivity contribution in [3.05, 3.63) is 83.8 Å². The smallest absolute Gasteiger partial charge is 0.159 e. The van der Waals surface area contributed by atoms with Crippen LogP contribution in [0.3, 0.4) is 0 Å². The van der Waals surface area contributed by atoms with E-state index in [2.05, 4.69) is 51.3 Å². The number of H-pyrrole nitrogens is 1. The van der Waals surface area contributed by atoms with Crippen LogP contribution in [0.5, 0.6) is 0 Å². The summed E-state index contributed by atoms with van der Waals surface area (Å²) in [5.74, 6) is 0.819. The van der Waals surface area contributed by atoms with Crippen LogP contribution in [0.15, 0.2) is 67.0 Å². The van der Waals surface area contributed by atoms with E-state index in [0.29, 0.717) is 0 Å². The second kappa shape index (κ2) is 6.39. The first-order valence-corrected chi connectivity index (χ1v) is 9.04.